The summed E-state index contributed by atoms with van der Waals surface area (Å²) in [4.78, 5) is 28.7. The van der Waals surface area contributed by atoms with E-state index >= 15 is 0 Å². The fourth-order valence-corrected chi connectivity index (χ4v) is 3.76. The summed E-state index contributed by atoms with van der Waals surface area (Å²) in [6, 6.07) is 12.8. The van der Waals surface area contributed by atoms with Crippen molar-refractivity contribution in [3.8, 4) is 5.75 Å². The van der Waals surface area contributed by atoms with Crippen LogP contribution in [0.3, 0.4) is 0 Å². The molecule has 0 spiro atoms. The van der Waals surface area contributed by atoms with Gasteiger partial charge < -0.3 is 19.3 Å². The third-order valence-electron chi connectivity index (χ3n) is 5.49. The Hall–Kier alpha value is -2.93. The molecular weight excluding hydrogens is 387 g/mol. The average molecular weight is 412 g/mol. The van der Waals surface area contributed by atoms with E-state index in [0.29, 0.717) is 49.7 Å². The number of amides is 2. The van der Waals surface area contributed by atoms with Gasteiger partial charge in [-0.3, -0.25) is 9.59 Å². The van der Waals surface area contributed by atoms with E-state index in [1.54, 1.807) is 40.1 Å². The maximum Gasteiger partial charge on any atom is 0.254 e. The van der Waals surface area contributed by atoms with Crippen LogP contribution in [0, 0.1) is 5.82 Å². The molecule has 2 aliphatic heterocycles. The molecule has 2 saturated heterocycles. The number of piperazine rings is 1. The molecule has 1 atom stereocenters. The van der Waals surface area contributed by atoms with Gasteiger partial charge in [0.15, 0.2) is 0 Å². The zero-order valence-corrected chi connectivity index (χ0v) is 16.8. The molecule has 2 aromatic carbocycles. The number of rotatable bonds is 5. The van der Waals surface area contributed by atoms with E-state index in [9.17, 15) is 14.0 Å². The van der Waals surface area contributed by atoms with Crippen molar-refractivity contribution in [2.24, 2.45) is 0 Å². The number of hydrogen-bond donors (Lipinski definition) is 0. The molecule has 30 heavy (non-hydrogen) atoms. The molecule has 2 amide bonds. The van der Waals surface area contributed by atoms with Crippen molar-refractivity contribution in [2.75, 3.05) is 39.4 Å². The normalized spacial score (nSPS) is 19.0. The molecule has 2 fully saturated rings. The summed E-state index contributed by atoms with van der Waals surface area (Å²) in [5.41, 5.74) is 0.915. The molecule has 7 heteroatoms. The van der Waals surface area contributed by atoms with Gasteiger partial charge in [-0.2, -0.15) is 0 Å². The van der Waals surface area contributed by atoms with Gasteiger partial charge in [-0.15, -0.1) is 0 Å². The van der Waals surface area contributed by atoms with Crippen LogP contribution in [0.4, 0.5) is 4.39 Å². The van der Waals surface area contributed by atoms with E-state index in [1.165, 1.54) is 18.2 Å². The lowest BCUT2D eigenvalue weighted by Gasteiger charge is -2.35. The second-order valence-corrected chi connectivity index (χ2v) is 7.57. The zero-order chi connectivity index (χ0) is 20.9. The highest BCUT2D eigenvalue weighted by molar-refractivity contribution is 5.96. The maximum absolute atomic E-state index is 13.4. The second kappa shape index (κ2) is 9.26. The van der Waals surface area contributed by atoms with Crippen LogP contribution in [0.15, 0.2) is 48.5 Å². The van der Waals surface area contributed by atoms with Crippen molar-refractivity contribution in [3.63, 3.8) is 0 Å². The Morgan fingerprint density at radius 1 is 0.967 bits per heavy atom. The van der Waals surface area contributed by atoms with Crippen molar-refractivity contribution in [3.05, 3.63) is 65.5 Å². The summed E-state index contributed by atoms with van der Waals surface area (Å²) in [7, 11) is 0. The van der Waals surface area contributed by atoms with Crippen LogP contribution >= 0.6 is 0 Å². The highest BCUT2D eigenvalue weighted by Crippen LogP contribution is 2.18. The predicted molar refractivity (Wildman–Crippen MR) is 109 cm³/mol. The van der Waals surface area contributed by atoms with E-state index in [-0.39, 0.29) is 17.9 Å². The summed E-state index contributed by atoms with van der Waals surface area (Å²) in [5, 5.41) is 0. The summed E-state index contributed by atoms with van der Waals surface area (Å²) < 4.78 is 24.7. The molecule has 0 N–H and O–H groups in total. The first kappa shape index (κ1) is 20.3. The van der Waals surface area contributed by atoms with Gasteiger partial charge in [0.1, 0.15) is 18.2 Å². The van der Waals surface area contributed by atoms with Gasteiger partial charge in [0.05, 0.1) is 6.10 Å². The molecule has 2 aliphatic rings. The molecule has 158 valence electrons. The minimum absolute atomic E-state index is 0.0708. The SMILES string of the molecule is O=C(c1ccc(OCC2CCCO2)cc1)N1CCN(C(=O)c2cccc(F)c2)CC1. The molecule has 2 aromatic rings. The number of ether oxygens (including phenoxy) is 2. The van der Waals surface area contributed by atoms with Crippen LogP contribution in [-0.4, -0.2) is 67.1 Å². The maximum atomic E-state index is 13.4. The standard InChI is InChI=1S/C23H25FN2O4/c24-19-4-1-3-18(15-19)23(28)26-12-10-25(11-13-26)22(27)17-6-8-20(9-7-17)30-16-21-5-2-14-29-21/h1,3-4,6-9,15,21H,2,5,10-14,16H2. The third-order valence-corrected chi connectivity index (χ3v) is 5.49. The number of carbonyl (C=O) groups is 2. The van der Waals surface area contributed by atoms with E-state index in [2.05, 4.69) is 0 Å². The molecule has 0 saturated carbocycles. The van der Waals surface area contributed by atoms with Crippen molar-refractivity contribution in [1.82, 2.24) is 9.80 Å². The Morgan fingerprint density at radius 3 is 2.23 bits per heavy atom. The molecule has 0 aromatic heterocycles. The van der Waals surface area contributed by atoms with E-state index < -0.39 is 5.82 Å². The monoisotopic (exact) mass is 412 g/mol. The van der Waals surface area contributed by atoms with Crippen LogP contribution in [0.25, 0.3) is 0 Å². The Bertz CT molecular complexity index is 888. The first-order chi connectivity index (χ1) is 14.6. The van der Waals surface area contributed by atoms with Gasteiger partial charge in [0.25, 0.3) is 11.8 Å². The first-order valence-corrected chi connectivity index (χ1v) is 10.3. The molecule has 0 aliphatic carbocycles. The van der Waals surface area contributed by atoms with Crippen molar-refractivity contribution < 1.29 is 23.5 Å². The lowest BCUT2D eigenvalue weighted by molar-refractivity contribution is 0.0535. The predicted octanol–water partition coefficient (Wildman–Crippen LogP) is 2.98. The molecule has 1 unspecified atom stereocenters. The zero-order valence-electron chi connectivity index (χ0n) is 16.8. The molecule has 4 rings (SSSR count). The number of benzene rings is 2. The van der Waals surface area contributed by atoms with Crippen LogP contribution in [0.1, 0.15) is 33.6 Å². The van der Waals surface area contributed by atoms with Crippen molar-refractivity contribution in [2.45, 2.75) is 18.9 Å². The second-order valence-electron chi connectivity index (χ2n) is 7.57. The summed E-state index contributed by atoms with van der Waals surface area (Å²) in [5.74, 6) is -0.00158. The lowest BCUT2D eigenvalue weighted by atomic mass is 10.1. The largest absolute Gasteiger partial charge is 0.491 e. The van der Waals surface area contributed by atoms with Crippen LogP contribution in [-0.2, 0) is 4.74 Å². The molecule has 0 bridgehead atoms. The minimum Gasteiger partial charge on any atom is -0.491 e. The Kier molecular flexibility index (Phi) is 6.28. The smallest absolute Gasteiger partial charge is 0.254 e. The van der Waals surface area contributed by atoms with Gasteiger partial charge in [-0.1, -0.05) is 6.07 Å². The third kappa shape index (κ3) is 4.79. The van der Waals surface area contributed by atoms with Crippen LogP contribution < -0.4 is 4.74 Å². The molecule has 2 heterocycles. The summed E-state index contributed by atoms with van der Waals surface area (Å²) in [6.45, 7) is 3.04. The molecular formula is C23H25FN2O4. The van der Waals surface area contributed by atoms with E-state index in [4.69, 9.17) is 9.47 Å². The fraction of sp³-hybridized carbons (Fsp3) is 0.391. The quantitative estimate of drug-likeness (QED) is 0.758. The number of hydrogen-bond acceptors (Lipinski definition) is 4. The van der Waals surface area contributed by atoms with E-state index in [0.717, 1.165) is 19.4 Å². The first-order valence-electron chi connectivity index (χ1n) is 10.3. The topological polar surface area (TPSA) is 59.1 Å². The highest BCUT2D eigenvalue weighted by Gasteiger charge is 2.25. The van der Waals surface area contributed by atoms with Gasteiger partial charge in [0.2, 0.25) is 0 Å². The summed E-state index contributed by atoms with van der Waals surface area (Å²) in [6.07, 6.45) is 2.24. The van der Waals surface area contributed by atoms with Gasteiger partial charge in [0, 0.05) is 43.9 Å². The Morgan fingerprint density at radius 2 is 1.63 bits per heavy atom. The van der Waals surface area contributed by atoms with Gasteiger partial charge in [-0.05, 0) is 55.3 Å². The number of carbonyl (C=O) groups excluding carboxylic acids is 2. The minimum atomic E-state index is -0.433. The number of nitrogens with zero attached hydrogens (tertiary/aromatic N) is 2. The molecule has 6 nitrogen and oxygen atoms in total. The van der Waals surface area contributed by atoms with Gasteiger partial charge in [-0.25, -0.2) is 4.39 Å². The fourth-order valence-electron chi connectivity index (χ4n) is 3.76. The highest BCUT2D eigenvalue weighted by atomic mass is 19.1. The Labute approximate surface area is 175 Å². The average Bonchev–Trinajstić information content (AvgIpc) is 3.31. The summed E-state index contributed by atoms with van der Waals surface area (Å²) >= 11 is 0. The Balaban J connectivity index is 1.29. The van der Waals surface area contributed by atoms with Crippen molar-refractivity contribution in [1.29, 1.82) is 0 Å². The van der Waals surface area contributed by atoms with Crippen molar-refractivity contribution >= 4 is 11.8 Å². The van der Waals surface area contributed by atoms with Gasteiger partial charge >= 0.3 is 0 Å². The van der Waals surface area contributed by atoms with Crippen LogP contribution in [0.2, 0.25) is 0 Å². The van der Waals surface area contributed by atoms with E-state index in [1.807, 2.05) is 0 Å². The molecule has 0 radical (unpaired) electrons. The number of halogens is 1. The van der Waals surface area contributed by atoms with Crippen LogP contribution in [0.5, 0.6) is 5.75 Å². The lowest BCUT2D eigenvalue weighted by Crippen LogP contribution is -2.50.